The number of benzene rings is 3. The van der Waals surface area contributed by atoms with Gasteiger partial charge >= 0.3 is 0 Å². The first-order chi connectivity index (χ1) is 15.6. The zero-order valence-electron chi connectivity index (χ0n) is 19.0. The molecule has 0 aromatic heterocycles. The smallest absolute Gasteiger partial charge is 0.182 e. The fourth-order valence-corrected chi connectivity index (χ4v) is 6.26. The zero-order valence-corrected chi connectivity index (χ0v) is 19.8. The number of aryl methyl sites for hydroxylation is 1. The summed E-state index contributed by atoms with van der Waals surface area (Å²) in [5.41, 5.74) is 6.11. The van der Waals surface area contributed by atoms with Gasteiger partial charge in [0.15, 0.2) is 9.79 Å². The molecule has 0 bridgehead atoms. The monoisotopic (exact) mass is 445 g/mol. The Morgan fingerprint density at radius 2 is 1.44 bits per heavy atom. The predicted octanol–water partition coefficient (Wildman–Crippen LogP) is 4.74. The summed E-state index contributed by atoms with van der Waals surface area (Å²) in [6, 6.07) is 23.1. The molecule has 2 aliphatic rings. The van der Waals surface area contributed by atoms with Gasteiger partial charge in [-0.3, -0.25) is 9.80 Å². The Kier molecular flexibility index (Phi) is 6.24. The number of rotatable bonds is 5. The van der Waals surface area contributed by atoms with Crippen molar-refractivity contribution in [2.24, 2.45) is 0 Å². The van der Waals surface area contributed by atoms with Crippen molar-refractivity contribution in [2.75, 3.05) is 44.2 Å². The SMILES string of the molecule is Cc1ccc2c(c1C)N(CCN1CCN(Cc3ccccc3)CC1)c1ccccc1[S+]2[O-]. The minimum absolute atomic E-state index is 0.907. The first-order valence-corrected chi connectivity index (χ1v) is 12.6. The van der Waals surface area contributed by atoms with E-state index in [1.807, 2.05) is 12.1 Å². The Morgan fingerprint density at radius 1 is 0.750 bits per heavy atom. The van der Waals surface area contributed by atoms with Crippen molar-refractivity contribution in [3.05, 3.63) is 83.4 Å². The molecule has 1 atom stereocenters. The predicted molar refractivity (Wildman–Crippen MR) is 132 cm³/mol. The van der Waals surface area contributed by atoms with Crippen molar-refractivity contribution in [2.45, 2.75) is 30.2 Å². The highest BCUT2D eigenvalue weighted by molar-refractivity contribution is 7.92. The second-order valence-corrected chi connectivity index (χ2v) is 10.3. The number of nitrogens with zero attached hydrogens (tertiary/aromatic N) is 3. The lowest BCUT2D eigenvalue weighted by atomic mass is 10.1. The van der Waals surface area contributed by atoms with E-state index in [1.54, 1.807) is 0 Å². The molecule has 32 heavy (non-hydrogen) atoms. The van der Waals surface area contributed by atoms with Crippen molar-refractivity contribution in [1.82, 2.24) is 9.80 Å². The molecule has 5 heteroatoms. The zero-order chi connectivity index (χ0) is 22.1. The van der Waals surface area contributed by atoms with E-state index in [0.29, 0.717) is 0 Å². The molecule has 1 saturated heterocycles. The maximum Gasteiger partial charge on any atom is 0.182 e. The van der Waals surface area contributed by atoms with Crippen LogP contribution < -0.4 is 4.90 Å². The van der Waals surface area contributed by atoms with Crippen LogP contribution in [0.25, 0.3) is 0 Å². The van der Waals surface area contributed by atoms with Gasteiger partial charge in [-0.05, 0) is 48.7 Å². The summed E-state index contributed by atoms with van der Waals surface area (Å²) in [7, 11) is 0. The fraction of sp³-hybridized carbons (Fsp3) is 0.333. The molecule has 0 aliphatic carbocycles. The summed E-state index contributed by atoms with van der Waals surface area (Å²) >= 11 is -1.12. The summed E-state index contributed by atoms with van der Waals surface area (Å²) in [4.78, 5) is 9.40. The van der Waals surface area contributed by atoms with Gasteiger partial charge in [0.1, 0.15) is 5.69 Å². The lowest BCUT2D eigenvalue weighted by Gasteiger charge is -2.38. The summed E-state index contributed by atoms with van der Waals surface area (Å²) in [5, 5.41) is 0. The number of hydrogen-bond donors (Lipinski definition) is 0. The highest BCUT2D eigenvalue weighted by Gasteiger charge is 2.35. The molecule has 0 amide bonds. The summed E-state index contributed by atoms with van der Waals surface area (Å²) in [6.07, 6.45) is 0. The Labute approximate surface area is 194 Å². The summed E-state index contributed by atoms with van der Waals surface area (Å²) in [6.45, 7) is 11.6. The number of para-hydroxylation sites is 1. The third-order valence-corrected chi connectivity index (χ3v) is 8.32. The number of anilines is 2. The van der Waals surface area contributed by atoms with Gasteiger partial charge in [-0.25, -0.2) is 0 Å². The van der Waals surface area contributed by atoms with Crippen molar-refractivity contribution in [1.29, 1.82) is 0 Å². The molecule has 1 unspecified atom stereocenters. The quantitative estimate of drug-likeness (QED) is 0.531. The lowest BCUT2D eigenvalue weighted by molar-refractivity contribution is 0.130. The highest BCUT2D eigenvalue weighted by Crippen LogP contribution is 2.46. The van der Waals surface area contributed by atoms with Crippen molar-refractivity contribution >= 4 is 22.6 Å². The Balaban J connectivity index is 1.29. The Morgan fingerprint density at radius 3 is 2.22 bits per heavy atom. The number of fused-ring (bicyclic) bond motifs is 2. The van der Waals surface area contributed by atoms with Crippen LogP contribution in [-0.4, -0.2) is 53.6 Å². The molecule has 2 heterocycles. The minimum atomic E-state index is -1.12. The fourth-order valence-electron chi connectivity index (χ4n) is 4.82. The maximum absolute atomic E-state index is 13.3. The number of piperazine rings is 1. The molecule has 0 radical (unpaired) electrons. The normalized spacial score (nSPS) is 19.0. The molecule has 1 fully saturated rings. The molecular weight excluding hydrogens is 414 g/mol. The minimum Gasteiger partial charge on any atom is -0.606 e. The van der Waals surface area contributed by atoms with Gasteiger partial charge in [0.25, 0.3) is 0 Å². The van der Waals surface area contributed by atoms with E-state index in [1.165, 1.54) is 16.7 Å². The van der Waals surface area contributed by atoms with Gasteiger partial charge < -0.3 is 9.45 Å². The summed E-state index contributed by atoms with van der Waals surface area (Å²) in [5.74, 6) is 0. The van der Waals surface area contributed by atoms with Crippen LogP contribution in [0.2, 0.25) is 0 Å². The average Bonchev–Trinajstić information content (AvgIpc) is 2.83. The molecule has 4 nitrogen and oxygen atoms in total. The Bertz CT molecular complexity index is 1080. The largest absolute Gasteiger partial charge is 0.606 e. The average molecular weight is 446 g/mol. The molecular formula is C27H31N3OS. The van der Waals surface area contributed by atoms with Crippen molar-refractivity contribution in [3.63, 3.8) is 0 Å². The van der Waals surface area contributed by atoms with Crippen LogP contribution in [-0.2, 0) is 17.7 Å². The van der Waals surface area contributed by atoms with Crippen molar-refractivity contribution < 1.29 is 4.55 Å². The molecule has 3 aromatic carbocycles. The van der Waals surface area contributed by atoms with Crippen LogP contribution >= 0.6 is 0 Å². The first kappa shape index (κ1) is 21.5. The van der Waals surface area contributed by atoms with E-state index < -0.39 is 11.2 Å². The van der Waals surface area contributed by atoms with Gasteiger partial charge in [-0.1, -0.05) is 48.5 Å². The van der Waals surface area contributed by atoms with Crippen LogP contribution in [0, 0.1) is 13.8 Å². The van der Waals surface area contributed by atoms with Gasteiger partial charge in [-0.15, -0.1) is 0 Å². The third-order valence-electron chi connectivity index (χ3n) is 6.84. The second-order valence-electron chi connectivity index (χ2n) is 8.85. The molecule has 0 spiro atoms. The Hall–Kier alpha value is -2.31. The van der Waals surface area contributed by atoms with E-state index in [0.717, 1.165) is 67.0 Å². The molecule has 3 aromatic rings. The molecule has 5 rings (SSSR count). The maximum atomic E-state index is 13.3. The number of hydrogen-bond acceptors (Lipinski definition) is 4. The van der Waals surface area contributed by atoms with Crippen molar-refractivity contribution in [3.8, 4) is 0 Å². The summed E-state index contributed by atoms with van der Waals surface area (Å²) < 4.78 is 13.3. The van der Waals surface area contributed by atoms with Gasteiger partial charge in [0.2, 0.25) is 0 Å². The molecule has 166 valence electrons. The standard InChI is InChI=1S/C27H31N3OS/c1-21-12-13-26-27(22(21)2)30(24-10-6-7-11-25(24)32(26)31)19-18-28-14-16-29(17-15-28)20-23-8-4-3-5-9-23/h3-13H,14-20H2,1-2H3. The molecule has 0 N–H and O–H groups in total. The van der Waals surface area contributed by atoms with Crippen LogP contribution in [0.1, 0.15) is 16.7 Å². The lowest BCUT2D eigenvalue weighted by Crippen LogP contribution is -2.48. The molecule has 2 aliphatic heterocycles. The topological polar surface area (TPSA) is 32.8 Å². The van der Waals surface area contributed by atoms with Gasteiger partial charge in [-0.2, -0.15) is 0 Å². The van der Waals surface area contributed by atoms with Gasteiger partial charge in [0.05, 0.1) is 5.69 Å². The first-order valence-electron chi connectivity index (χ1n) is 11.5. The second kappa shape index (κ2) is 9.28. The van der Waals surface area contributed by atoms with E-state index >= 15 is 0 Å². The van der Waals surface area contributed by atoms with Crippen LogP contribution in [0.4, 0.5) is 11.4 Å². The van der Waals surface area contributed by atoms with Gasteiger partial charge in [0, 0.05) is 57.0 Å². The van der Waals surface area contributed by atoms with E-state index in [9.17, 15) is 4.55 Å². The van der Waals surface area contributed by atoms with E-state index in [2.05, 4.69) is 83.1 Å². The van der Waals surface area contributed by atoms with Crippen LogP contribution in [0.3, 0.4) is 0 Å². The third kappa shape index (κ3) is 4.18. The molecule has 0 saturated carbocycles. The van der Waals surface area contributed by atoms with Crippen LogP contribution in [0.5, 0.6) is 0 Å². The highest BCUT2D eigenvalue weighted by atomic mass is 32.2. The van der Waals surface area contributed by atoms with Crippen LogP contribution in [0.15, 0.2) is 76.5 Å². The van der Waals surface area contributed by atoms with E-state index in [-0.39, 0.29) is 0 Å². The van der Waals surface area contributed by atoms with E-state index in [4.69, 9.17) is 0 Å².